The first-order valence-electron chi connectivity index (χ1n) is 14.0. The first-order valence-corrected chi connectivity index (χ1v) is 14.0. The number of ether oxygens (including phenoxy) is 4. The molecule has 6 atom stereocenters. The Balaban J connectivity index is 1.27. The number of benzene rings is 2. The largest absolute Gasteiger partial charge is 0.493 e. The van der Waals surface area contributed by atoms with Crippen molar-refractivity contribution in [1.29, 1.82) is 0 Å². The normalized spacial score (nSPS) is 39.4. The van der Waals surface area contributed by atoms with E-state index >= 15 is 0 Å². The van der Waals surface area contributed by atoms with E-state index in [0.717, 1.165) is 48.8 Å². The number of para-hydroxylation sites is 1. The van der Waals surface area contributed by atoms with Gasteiger partial charge >= 0.3 is 0 Å². The summed E-state index contributed by atoms with van der Waals surface area (Å²) in [6, 6.07) is 15.3. The fraction of sp³-hybridized carbons (Fsp3) is 0.613. The summed E-state index contributed by atoms with van der Waals surface area (Å²) in [5, 5.41) is 0. The maximum atomic E-state index is 7.11. The van der Waals surface area contributed by atoms with Gasteiger partial charge in [0.15, 0.2) is 11.5 Å². The van der Waals surface area contributed by atoms with Crippen LogP contribution >= 0.6 is 0 Å². The first-order chi connectivity index (χ1) is 17.6. The molecule has 0 aromatic heterocycles. The third kappa shape index (κ3) is 2.54. The summed E-state index contributed by atoms with van der Waals surface area (Å²) in [6.45, 7) is 3.11. The Morgan fingerprint density at radius 3 is 2.67 bits per heavy atom. The van der Waals surface area contributed by atoms with Crippen LogP contribution in [0.25, 0.3) is 0 Å². The molecule has 2 aliphatic heterocycles. The highest BCUT2D eigenvalue weighted by Crippen LogP contribution is 2.76. The second-order valence-electron chi connectivity index (χ2n) is 12.3. The molecule has 0 unspecified atom stereocenters. The van der Waals surface area contributed by atoms with Crippen molar-refractivity contribution >= 4 is 0 Å². The van der Waals surface area contributed by atoms with Crippen molar-refractivity contribution in [2.75, 3.05) is 33.9 Å². The molecule has 0 N–H and O–H groups in total. The summed E-state index contributed by atoms with van der Waals surface area (Å²) in [5.74, 6) is 4.03. The van der Waals surface area contributed by atoms with E-state index in [1.54, 1.807) is 7.11 Å². The zero-order valence-electron chi connectivity index (χ0n) is 21.5. The maximum Gasteiger partial charge on any atom is 0.165 e. The third-order valence-electron chi connectivity index (χ3n) is 11.2. The first kappa shape index (κ1) is 21.8. The smallest absolute Gasteiger partial charge is 0.165 e. The van der Waals surface area contributed by atoms with Crippen LogP contribution in [0.2, 0.25) is 0 Å². The van der Waals surface area contributed by atoms with E-state index in [-0.39, 0.29) is 22.5 Å². The average Bonchev–Trinajstić information content (AvgIpc) is 3.66. The minimum Gasteiger partial charge on any atom is -0.493 e. The van der Waals surface area contributed by atoms with Crippen LogP contribution in [0.3, 0.4) is 0 Å². The van der Waals surface area contributed by atoms with Crippen molar-refractivity contribution in [3.8, 4) is 17.2 Å². The molecule has 5 nitrogen and oxygen atoms in total. The van der Waals surface area contributed by atoms with Crippen LogP contribution in [-0.4, -0.2) is 56.6 Å². The van der Waals surface area contributed by atoms with Crippen molar-refractivity contribution in [1.82, 2.24) is 4.90 Å². The van der Waals surface area contributed by atoms with Crippen LogP contribution in [0.1, 0.15) is 49.7 Å². The summed E-state index contributed by atoms with van der Waals surface area (Å²) < 4.78 is 26.1. The molecule has 4 bridgehead atoms. The average molecular weight is 488 g/mol. The summed E-state index contributed by atoms with van der Waals surface area (Å²) in [5.41, 5.74) is 2.81. The summed E-state index contributed by atoms with van der Waals surface area (Å²) in [6.07, 6.45) is 8.52. The Labute approximate surface area is 214 Å². The third-order valence-corrected chi connectivity index (χ3v) is 11.2. The van der Waals surface area contributed by atoms with Crippen LogP contribution in [0, 0.1) is 17.3 Å². The van der Waals surface area contributed by atoms with Crippen molar-refractivity contribution in [3.05, 3.63) is 53.6 Å². The molecule has 9 rings (SSSR count). The van der Waals surface area contributed by atoms with Gasteiger partial charge in [0.1, 0.15) is 17.5 Å². The number of piperidine rings is 1. The molecule has 5 aliphatic carbocycles. The van der Waals surface area contributed by atoms with Crippen molar-refractivity contribution < 1.29 is 18.9 Å². The molecule has 1 saturated heterocycles. The van der Waals surface area contributed by atoms with Gasteiger partial charge in [-0.25, -0.2) is 0 Å². The summed E-state index contributed by atoms with van der Waals surface area (Å²) >= 11 is 0. The van der Waals surface area contributed by atoms with Gasteiger partial charge < -0.3 is 18.9 Å². The fourth-order valence-corrected chi connectivity index (χ4v) is 9.61. The maximum absolute atomic E-state index is 7.11. The Bertz CT molecular complexity index is 1200. The molecule has 190 valence electrons. The van der Waals surface area contributed by atoms with Crippen LogP contribution in [0.5, 0.6) is 17.2 Å². The summed E-state index contributed by atoms with van der Waals surface area (Å²) in [4.78, 5) is 2.89. The standard InChI is InChI=1S/C31H37NO4/c1-33-24-11-10-21-16-25-29-12-13-31(34-2,22(17-29)19-35-23-6-4-3-5-7-23)28-30(29,26(21)27(24)36-28)14-15-32(25)18-20-8-9-20/h3-7,10-11,20,22,25,28H,8-9,12-19H2,1-2H3/t22-,25-,28-,29-,30+,31-/m1/s1. The van der Waals surface area contributed by atoms with Crippen LogP contribution in [-0.2, 0) is 16.6 Å². The van der Waals surface area contributed by atoms with Gasteiger partial charge in [0.25, 0.3) is 0 Å². The number of nitrogens with zero attached hydrogens (tertiary/aromatic N) is 1. The molecule has 2 aromatic rings. The van der Waals surface area contributed by atoms with Crippen molar-refractivity contribution in [2.24, 2.45) is 17.3 Å². The molecular formula is C31H37NO4. The molecule has 5 fully saturated rings. The van der Waals surface area contributed by atoms with Crippen LogP contribution < -0.4 is 14.2 Å². The molecule has 2 spiro atoms. The lowest BCUT2D eigenvalue weighted by atomic mass is 9.35. The highest BCUT2D eigenvalue weighted by Gasteiger charge is 2.80. The van der Waals surface area contributed by atoms with Gasteiger partial charge in [-0.15, -0.1) is 0 Å². The Morgan fingerprint density at radius 2 is 1.89 bits per heavy atom. The quantitative estimate of drug-likeness (QED) is 0.550. The molecule has 0 radical (unpaired) electrons. The molecule has 7 aliphatic rings. The zero-order chi connectivity index (χ0) is 24.1. The van der Waals surface area contributed by atoms with E-state index in [1.165, 1.54) is 43.5 Å². The highest BCUT2D eigenvalue weighted by molar-refractivity contribution is 5.63. The topological polar surface area (TPSA) is 40.2 Å². The minimum atomic E-state index is -0.349. The molecule has 2 aromatic carbocycles. The van der Waals surface area contributed by atoms with Crippen LogP contribution in [0.15, 0.2) is 42.5 Å². The molecule has 2 heterocycles. The predicted molar refractivity (Wildman–Crippen MR) is 137 cm³/mol. The predicted octanol–water partition coefficient (Wildman–Crippen LogP) is 5.00. The number of fused-ring (bicyclic) bond motifs is 2. The van der Waals surface area contributed by atoms with E-state index in [9.17, 15) is 0 Å². The number of likely N-dealkylation sites (tertiary alicyclic amines) is 1. The second-order valence-corrected chi connectivity index (χ2v) is 12.3. The molecule has 36 heavy (non-hydrogen) atoms. The number of rotatable bonds is 7. The van der Waals surface area contributed by atoms with Gasteiger partial charge in [0.05, 0.1) is 13.7 Å². The lowest BCUT2D eigenvalue weighted by Crippen LogP contribution is -2.81. The lowest BCUT2D eigenvalue weighted by Gasteiger charge is -2.73. The van der Waals surface area contributed by atoms with Gasteiger partial charge in [-0.1, -0.05) is 24.3 Å². The van der Waals surface area contributed by atoms with E-state index in [1.807, 2.05) is 25.3 Å². The van der Waals surface area contributed by atoms with Crippen LogP contribution in [0.4, 0.5) is 0 Å². The molecule has 4 saturated carbocycles. The SMILES string of the molecule is COc1ccc2c3c1O[C@H]1[C@@]4(OC)CC[C@@]5(C[C@@H]4COc4ccccc4)[C@@H](C2)N(CC2CC2)CC[C@]315. The Morgan fingerprint density at radius 1 is 1.03 bits per heavy atom. The zero-order valence-corrected chi connectivity index (χ0v) is 21.5. The molecule has 0 amide bonds. The van der Waals surface area contributed by atoms with E-state index in [4.69, 9.17) is 18.9 Å². The second kappa shape index (κ2) is 7.41. The van der Waals surface area contributed by atoms with Gasteiger partial charge in [-0.2, -0.15) is 0 Å². The summed E-state index contributed by atoms with van der Waals surface area (Å²) in [7, 11) is 3.69. The fourth-order valence-electron chi connectivity index (χ4n) is 9.61. The van der Waals surface area contributed by atoms with E-state index < -0.39 is 0 Å². The highest BCUT2D eigenvalue weighted by atomic mass is 16.6. The number of hydrogen-bond donors (Lipinski definition) is 0. The van der Waals surface area contributed by atoms with E-state index in [2.05, 4.69) is 29.2 Å². The van der Waals surface area contributed by atoms with Gasteiger partial charge in [-0.05, 0) is 81.2 Å². The van der Waals surface area contributed by atoms with E-state index in [0.29, 0.717) is 18.6 Å². The van der Waals surface area contributed by atoms with Gasteiger partial charge in [-0.3, -0.25) is 4.90 Å². The Hall–Kier alpha value is -2.24. The molecular weight excluding hydrogens is 450 g/mol. The minimum absolute atomic E-state index is 0.00663. The van der Waals surface area contributed by atoms with Gasteiger partial charge in [0.2, 0.25) is 0 Å². The van der Waals surface area contributed by atoms with Gasteiger partial charge in [0, 0.05) is 42.0 Å². The van der Waals surface area contributed by atoms with Crippen molar-refractivity contribution in [3.63, 3.8) is 0 Å². The lowest BCUT2D eigenvalue weighted by molar-refractivity contribution is -0.280. The number of methoxy groups -OCH3 is 2. The molecule has 5 heteroatoms. The Kier molecular flexibility index (Phi) is 4.49. The van der Waals surface area contributed by atoms with Crippen molar-refractivity contribution in [2.45, 2.75) is 68.1 Å². The number of hydrogen-bond acceptors (Lipinski definition) is 5. The monoisotopic (exact) mass is 487 g/mol.